The standard InChI is InChI=1S/2HI.Pb.S.W/h2*1H;;;/q;;+2;;/p-2. The SMILES string of the molecule is [I][Pb][I].[S]=[W]. The molecule has 0 aliphatic rings. The maximum atomic E-state index is 4.17. The molecule has 0 N–H and O–H groups in total. The summed E-state index contributed by atoms with van der Waals surface area (Å²) in [7, 11) is 4.17. The molecular formula is I2PbSW. The summed E-state index contributed by atoms with van der Waals surface area (Å²) in [6.45, 7) is 0. The molecule has 0 amide bonds. The van der Waals surface area contributed by atoms with Gasteiger partial charge in [-0.3, -0.25) is 0 Å². The van der Waals surface area contributed by atoms with Gasteiger partial charge in [0.15, 0.2) is 0 Å². The van der Waals surface area contributed by atoms with Crippen molar-refractivity contribution >= 4 is 61.0 Å². The summed E-state index contributed by atoms with van der Waals surface area (Å²) in [4.78, 5) is 0. The van der Waals surface area contributed by atoms with E-state index in [9.17, 15) is 0 Å². The van der Waals surface area contributed by atoms with Gasteiger partial charge in [0, 0.05) is 0 Å². The molecule has 0 nitrogen and oxygen atoms in total. The normalized spacial score (nSPS) is 4.40. The molecule has 5 heavy (non-hydrogen) atoms. The molecule has 0 fully saturated rings. The van der Waals surface area contributed by atoms with Crippen LogP contribution >= 0.6 is 45.3 Å². The Morgan fingerprint density at radius 1 is 1.40 bits per heavy atom. The van der Waals surface area contributed by atoms with Crippen molar-refractivity contribution in [1.82, 2.24) is 0 Å². The third-order valence-corrected chi connectivity index (χ3v) is 0. The van der Waals surface area contributed by atoms with Crippen molar-refractivity contribution in [3.63, 3.8) is 0 Å². The fourth-order valence-electron chi connectivity index (χ4n) is 0. The van der Waals surface area contributed by atoms with Gasteiger partial charge in [0.25, 0.3) is 0 Å². The van der Waals surface area contributed by atoms with Gasteiger partial charge in [-0.2, -0.15) is 0 Å². The summed E-state index contributed by atoms with van der Waals surface area (Å²) in [6, 6.07) is 0. The Labute approximate surface area is 76.7 Å². The summed E-state index contributed by atoms with van der Waals surface area (Å²) in [5.74, 6) is 0. The van der Waals surface area contributed by atoms with Gasteiger partial charge >= 0.3 is 79.0 Å². The van der Waals surface area contributed by atoms with Crippen molar-refractivity contribution < 1.29 is 18.0 Å². The van der Waals surface area contributed by atoms with E-state index in [4.69, 9.17) is 0 Å². The van der Waals surface area contributed by atoms with Crippen molar-refractivity contribution in [2.45, 2.75) is 0 Å². The Bertz CT molecular complexity index is 13.6. The zero-order chi connectivity index (χ0) is 4.71. The van der Waals surface area contributed by atoms with Crippen molar-refractivity contribution in [1.29, 1.82) is 0 Å². The Morgan fingerprint density at radius 2 is 1.40 bits per heavy atom. The van der Waals surface area contributed by atoms with Crippen LogP contribution in [0.5, 0.6) is 0 Å². The second-order valence-electron chi connectivity index (χ2n) is 0.0714. The van der Waals surface area contributed by atoms with Crippen LogP contribution in [0.3, 0.4) is 0 Å². The molecule has 0 unspecified atom stereocenters. The first-order chi connectivity index (χ1) is 2.41. The average molecular weight is 677 g/mol. The molecule has 0 bridgehead atoms. The van der Waals surface area contributed by atoms with E-state index in [1.165, 1.54) is 18.0 Å². The summed E-state index contributed by atoms with van der Waals surface area (Å²) >= 11 is 6.13. The van der Waals surface area contributed by atoms with Crippen molar-refractivity contribution in [3.05, 3.63) is 0 Å². The van der Waals surface area contributed by atoms with E-state index in [0.717, 1.165) is 0 Å². The van der Waals surface area contributed by atoms with E-state index < -0.39 is 0 Å². The van der Waals surface area contributed by atoms with Gasteiger partial charge in [0.1, 0.15) is 0 Å². The Hall–Kier alpha value is 3.29. The van der Waals surface area contributed by atoms with Crippen LogP contribution in [0, 0.1) is 0 Å². The van der Waals surface area contributed by atoms with Crippen LogP contribution in [0.25, 0.3) is 0 Å². The van der Waals surface area contributed by atoms with Crippen LogP contribution in [0.1, 0.15) is 0 Å². The Balaban J connectivity index is 0. The van der Waals surface area contributed by atoms with Gasteiger partial charge in [-0.25, -0.2) is 0 Å². The summed E-state index contributed by atoms with van der Waals surface area (Å²) in [5.41, 5.74) is 0. The third kappa shape index (κ3) is 18.8. The molecule has 0 aliphatic heterocycles. The maximum absolute atomic E-state index is 4.17. The molecule has 0 aromatic rings. The van der Waals surface area contributed by atoms with Gasteiger partial charge < -0.3 is 0 Å². The summed E-state index contributed by atoms with van der Waals surface area (Å²) in [6.07, 6.45) is 0. The molecule has 2 radical (unpaired) electrons. The van der Waals surface area contributed by atoms with Gasteiger partial charge in [-0.15, -0.1) is 0 Å². The van der Waals surface area contributed by atoms with Crippen LogP contribution in [0.4, 0.5) is 0 Å². The van der Waals surface area contributed by atoms with Crippen LogP contribution in [-0.2, 0) is 18.0 Å². The molecule has 0 saturated carbocycles. The van der Waals surface area contributed by atoms with Gasteiger partial charge in [0.2, 0.25) is 0 Å². The van der Waals surface area contributed by atoms with E-state index in [1.807, 2.05) is 0 Å². The number of hydrogen-bond acceptors (Lipinski definition) is 1. The first kappa shape index (κ1) is 11.1. The number of halogens is 2. The van der Waals surface area contributed by atoms with Crippen molar-refractivity contribution in [2.24, 2.45) is 0 Å². The zero-order valence-electron chi connectivity index (χ0n) is 2.07. The van der Waals surface area contributed by atoms with Crippen molar-refractivity contribution in [2.75, 3.05) is 0 Å². The Morgan fingerprint density at radius 3 is 1.40 bits per heavy atom. The monoisotopic (exact) mass is 678 g/mol. The molecule has 0 aromatic heterocycles. The first-order valence-corrected chi connectivity index (χ1v) is 26.3. The fourth-order valence-corrected chi connectivity index (χ4v) is 0. The number of rotatable bonds is 0. The van der Waals surface area contributed by atoms with Gasteiger partial charge in [-0.05, 0) is 0 Å². The molecule has 0 heterocycles. The average Bonchev–Trinajstić information content (AvgIpc) is 1.46. The molecule has 0 aliphatic carbocycles. The molecule has 0 saturated heterocycles. The third-order valence-electron chi connectivity index (χ3n) is 0. The molecule has 0 atom stereocenters. The fraction of sp³-hybridized carbons (Fsp3) is 0. The second-order valence-corrected chi connectivity index (χ2v) is 28.2. The minimum absolute atomic E-state index is 0.0233. The molecule has 0 spiro atoms. The van der Waals surface area contributed by atoms with Crippen LogP contribution in [0.2, 0.25) is 0 Å². The minimum atomic E-state index is 0.0233. The molecule has 30 valence electrons. The zero-order valence-corrected chi connectivity index (χ0v) is 14.0. The van der Waals surface area contributed by atoms with E-state index in [0.29, 0.717) is 0 Å². The summed E-state index contributed by atoms with van der Waals surface area (Å²) < 4.78 is 0. The van der Waals surface area contributed by atoms with Crippen LogP contribution in [0.15, 0.2) is 0 Å². The van der Waals surface area contributed by atoms with Crippen LogP contribution in [-0.4, -0.2) is 15.6 Å². The topological polar surface area (TPSA) is 0 Å². The van der Waals surface area contributed by atoms with Gasteiger partial charge in [-0.1, -0.05) is 0 Å². The van der Waals surface area contributed by atoms with E-state index >= 15 is 0 Å². The first-order valence-electron chi connectivity index (χ1n) is 0.545. The Kier molecular flexibility index (Phi) is 34.9. The quantitative estimate of drug-likeness (QED) is 0.280. The van der Waals surface area contributed by atoms with Gasteiger partial charge in [0.05, 0.1) is 0 Å². The van der Waals surface area contributed by atoms with E-state index in [2.05, 4.69) is 45.3 Å². The molecule has 0 aromatic carbocycles. The molecule has 5 heteroatoms. The molecular weight excluding hydrogens is 677 g/mol. The van der Waals surface area contributed by atoms with E-state index in [-0.39, 0.29) is 15.6 Å². The second kappa shape index (κ2) is 15.7. The van der Waals surface area contributed by atoms with Crippen molar-refractivity contribution in [3.8, 4) is 0 Å². The predicted octanol–water partition coefficient (Wildman–Crippen LogP) is 2.04. The predicted molar refractivity (Wildman–Crippen MR) is 41.4 cm³/mol. The van der Waals surface area contributed by atoms with E-state index in [1.54, 1.807) is 0 Å². The number of hydrogen-bond donors (Lipinski definition) is 0. The summed E-state index contributed by atoms with van der Waals surface area (Å²) in [5, 5.41) is 0. The molecule has 0 rings (SSSR count). The van der Waals surface area contributed by atoms with Crippen LogP contribution < -0.4 is 0 Å².